The maximum Gasteiger partial charge on any atom is 0.291 e. The third kappa shape index (κ3) is 3.08. The van der Waals surface area contributed by atoms with Crippen LogP contribution in [0.25, 0.3) is 10.2 Å². The first-order valence-corrected chi connectivity index (χ1v) is 8.76. The molecule has 0 aliphatic rings. The van der Waals surface area contributed by atoms with Gasteiger partial charge >= 0.3 is 0 Å². The Balaban J connectivity index is 2.18. The lowest BCUT2D eigenvalue weighted by Crippen LogP contribution is -2.16. The van der Waals surface area contributed by atoms with Crippen LogP contribution in [-0.4, -0.2) is 15.5 Å². The van der Waals surface area contributed by atoms with Crippen molar-refractivity contribution in [2.45, 2.75) is 20.4 Å². The van der Waals surface area contributed by atoms with E-state index in [1.165, 1.54) is 22.7 Å². The van der Waals surface area contributed by atoms with E-state index >= 15 is 0 Å². The van der Waals surface area contributed by atoms with Gasteiger partial charge in [0.2, 0.25) is 0 Å². The molecule has 116 valence electrons. The van der Waals surface area contributed by atoms with Crippen LogP contribution in [0.3, 0.4) is 0 Å². The van der Waals surface area contributed by atoms with Gasteiger partial charge in [0.15, 0.2) is 4.80 Å². The van der Waals surface area contributed by atoms with Crippen LogP contribution < -0.4 is 4.80 Å². The second-order valence-corrected chi connectivity index (χ2v) is 7.50. The van der Waals surface area contributed by atoms with Crippen molar-refractivity contribution in [2.75, 3.05) is 0 Å². The molecule has 1 aromatic carbocycles. The van der Waals surface area contributed by atoms with E-state index in [2.05, 4.69) is 15.9 Å². The van der Waals surface area contributed by atoms with Crippen LogP contribution in [0.5, 0.6) is 0 Å². The van der Waals surface area contributed by atoms with Crippen LogP contribution in [-0.2, 0) is 6.54 Å². The molecule has 0 unspecified atom stereocenters. The fourth-order valence-electron chi connectivity index (χ4n) is 2.24. The second kappa shape index (κ2) is 6.28. The van der Waals surface area contributed by atoms with Crippen LogP contribution in [0.15, 0.2) is 23.2 Å². The number of nitrogens with zero attached hydrogens (tertiary/aromatic N) is 3. The zero-order valence-electron chi connectivity index (χ0n) is 12.5. The number of amides is 1. The molecule has 23 heavy (non-hydrogen) atoms. The Morgan fingerprint density at radius 3 is 2.87 bits per heavy atom. The summed E-state index contributed by atoms with van der Waals surface area (Å²) in [4.78, 5) is 22.1. The topological polar surface area (TPSA) is 47.2 Å². The summed E-state index contributed by atoms with van der Waals surface area (Å²) in [5, 5.41) is 1.49. The summed E-state index contributed by atoms with van der Waals surface area (Å²) < 4.78 is 2.79. The maximum absolute atomic E-state index is 12.5. The Morgan fingerprint density at radius 2 is 2.22 bits per heavy atom. The van der Waals surface area contributed by atoms with Crippen molar-refractivity contribution in [2.24, 2.45) is 4.99 Å². The van der Waals surface area contributed by atoms with E-state index in [4.69, 9.17) is 18.0 Å². The SMILES string of the molecule is C#CCn1c(=NC(=O)c2sc(C)nc2C)sc2cc(Cl)ccc21. The average Bonchev–Trinajstić information content (AvgIpc) is 2.99. The van der Waals surface area contributed by atoms with Gasteiger partial charge in [0.05, 0.1) is 27.5 Å². The number of aromatic nitrogens is 2. The number of terminal acetylenes is 1. The summed E-state index contributed by atoms with van der Waals surface area (Å²) in [7, 11) is 0. The minimum atomic E-state index is -0.295. The molecule has 0 saturated carbocycles. The number of rotatable bonds is 2. The zero-order chi connectivity index (χ0) is 16.6. The standard InChI is InChI=1S/C16H12ClN3OS2/c1-4-7-20-12-6-5-11(17)8-13(12)23-16(20)19-15(21)14-9(2)18-10(3)22-14/h1,5-6,8H,7H2,2-3H3. The highest BCUT2D eigenvalue weighted by molar-refractivity contribution is 7.16. The van der Waals surface area contributed by atoms with E-state index in [1.807, 2.05) is 30.5 Å². The summed E-state index contributed by atoms with van der Waals surface area (Å²) in [6.45, 7) is 4.02. The Kier molecular flexibility index (Phi) is 4.35. The number of hydrogen-bond donors (Lipinski definition) is 0. The molecule has 0 atom stereocenters. The molecule has 0 fully saturated rings. The van der Waals surface area contributed by atoms with Crippen molar-refractivity contribution in [3.8, 4) is 12.3 Å². The highest BCUT2D eigenvalue weighted by atomic mass is 35.5. The Morgan fingerprint density at radius 1 is 1.43 bits per heavy atom. The molecule has 2 aromatic heterocycles. The summed E-state index contributed by atoms with van der Waals surface area (Å²) in [6, 6.07) is 5.53. The summed E-state index contributed by atoms with van der Waals surface area (Å²) >= 11 is 8.78. The van der Waals surface area contributed by atoms with Crippen molar-refractivity contribution >= 4 is 50.4 Å². The van der Waals surface area contributed by atoms with Crippen LogP contribution in [0, 0.1) is 26.2 Å². The summed E-state index contributed by atoms with van der Waals surface area (Å²) in [6.07, 6.45) is 5.45. The van der Waals surface area contributed by atoms with Gasteiger partial charge in [-0.1, -0.05) is 28.9 Å². The Labute approximate surface area is 146 Å². The lowest BCUT2D eigenvalue weighted by molar-refractivity contribution is 0.100. The lowest BCUT2D eigenvalue weighted by atomic mass is 10.3. The third-order valence-electron chi connectivity index (χ3n) is 3.19. The largest absolute Gasteiger partial charge is 0.305 e. The van der Waals surface area contributed by atoms with Gasteiger partial charge in [-0.25, -0.2) is 4.98 Å². The third-order valence-corrected chi connectivity index (χ3v) is 5.53. The van der Waals surface area contributed by atoms with E-state index in [0.29, 0.717) is 26.9 Å². The van der Waals surface area contributed by atoms with Crippen molar-refractivity contribution < 1.29 is 4.79 Å². The number of thiazole rings is 2. The number of benzene rings is 1. The molecule has 0 aliphatic carbocycles. The average molecular weight is 362 g/mol. The van der Waals surface area contributed by atoms with Gasteiger partial charge in [-0.15, -0.1) is 17.8 Å². The van der Waals surface area contributed by atoms with E-state index < -0.39 is 0 Å². The minimum absolute atomic E-state index is 0.295. The van der Waals surface area contributed by atoms with Crippen molar-refractivity contribution in [1.82, 2.24) is 9.55 Å². The molecule has 1 amide bonds. The van der Waals surface area contributed by atoms with Gasteiger partial charge in [-0.2, -0.15) is 4.99 Å². The fraction of sp³-hybridized carbons (Fsp3) is 0.188. The van der Waals surface area contributed by atoms with Crippen LogP contribution >= 0.6 is 34.3 Å². The molecule has 0 aliphatic heterocycles. The van der Waals surface area contributed by atoms with E-state index in [9.17, 15) is 4.79 Å². The first-order valence-electron chi connectivity index (χ1n) is 6.75. The number of halogens is 1. The van der Waals surface area contributed by atoms with E-state index in [0.717, 1.165) is 15.2 Å². The number of hydrogen-bond acceptors (Lipinski definition) is 4. The summed E-state index contributed by atoms with van der Waals surface area (Å²) in [5.74, 6) is 2.31. The first-order chi connectivity index (χ1) is 11.0. The zero-order valence-corrected chi connectivity index (χ0v) is 14.8. The van der Waals surface area contributed by atoms with Gasteiger partial charge < -0.3 is 4.57 Å². The molecule has 0 saturated heterocycles. The molecule has 0 bridgehead atoms. The molecule has 0 radical (unpaired) electrons. The lowest BCUT2D eigenvalue weighted by Gasteiger charge is -1.99. The quantitative estimate of drug-likeness (QED) is 0.652. The van der Waals surface area contributed by atoms with Crippen molar-refractivity contribution in [3.05, 3.63) is 43.6 Å². The van der Waals surface area contributed by atoms with E-state index in [1.54, 1.807) is 6.07 Å². The minimum Gasteiger partial charge on any atom is -0.305 e. The van der Waals surface area contributed by atoms with Gasteiger partial charge in [0.25, 0.3) is 5.91 Å². The molecule has 3 aromatic rings. The van der Waals surface area contributed by atoms with Crippen LogP contribution in [0.2, 0.25) is 5.02 Å². The molecule has 0 spiro atoms. The van der Waals surface area contributed by atoms with Gasteiger partial charge in [-0.3, -0.25) is 4.79 Å². The molecule has 4 nitrogen and oxygen atoms in total. The van der Waals surface area contributed by atoms with Gasteiger partial charge in [-0.05, 0) is 32.0 Å². The predicted octanol–water partition coefficient (Wildman–Crippen LogP) is 3.80. The first kappa shape index (κ1) is 15.9. The molecule has 7 heteroatoms. The molecular formula is C16H12ClN3OS2. The number of fused-ring (bicyclic) bond motifs is 1. The molecule has 3 rings (SSSR count). The predicted molar refractivity (Wildman–Crippen MR) is 95.1 cm³/mol. The Bertz CT molecular complexity index is 1020. The van der Waals surface area contributed by atoms with Crippen LogP contribution in [0.1, 0.15) is 20.4 Å². The Hall–Kier alpha value is -1.94. The molecular weight excluding hydrogens is 350 g/mol. The van der Waals surface area contributed by atoms with E-state index in [-0.39, 0.29) is 5.91 Å². The highest BCUT2D eigenvalue weighted by Crippen LogP contribution is 2.22. The van der Waals surface area contributed by atoms with Crippen molar-refractivity contribution in [3.63, 3.8) is 0 Å². The number of aryl methyl sites for hydroxylation is 2. The maximum atomic E-state index is 12.5. The van der Waals surface area contributed by atoms with Crippen molar-refractivity contribution in [1.29, 1.82) is 0 Å². The molecule has 2 heterocycles. The number of carbonyl (C=O) groups is 1. The normalized spacial score (nSPS) is 11.8. The van der Waals surface area contributed by atoms with Gasteiger partial charge in [0, 0.05) is 5.02 Å². The number of carbonyl (C=O) groups excluding carboxylic acids is 1. The summed E-state index contributed by atoms with van der Waals surface area (Å²) in [5.41, 5.74) is 1.62. The smallest absolute Gasteiger partial charge is 0.291 e. The molecule has 0 N–H and O–H groups in total. The monoisotopic (exact) mass is 361 g/mol. The van der Waals surface area contributed by atoms with Crippen LogP contribution in [0.4, 0.5) is 0 Å². The second-order valence-electron chi connectivity index (χ2n) is 4.85. The highest BCUT2D eigenvalue weighted by Gasteiger charge is 2.14. The van der Waals surface area contributed by atoms with Gasteiger partial charge in [0.1, 0.15) is 4.88 Å². The fourth-order valence-corrected chi connectivity index (χ4v) is 4.35.